The zero-order chi connectivity index (χ0) is 18.8. The van der Waals surface area contributed by atoms with Crippen molar-refractivity contribution in [1.29, 1.82) is 0 Å². The van der Waals surface area contributed by atoms with E-state index in [9.17, 15) is 0 Å². The molecule has 4 heterocycles. The van der Waals surface area contributed by atoms with Crippen molar-refractivity contribution in [2.45, 2.75) is 70.2 Å². The molecule has 148 valence electrons. The van der Waals surface area contributed by atoms with Crippen LogP contribution in [0.3, 0.4) is 0 Å². The van der Waals surface area contributed by atoms with Gasteiger partial charge in [-0.2, -0.15) is 0 Å². The predicted octanol–water partition coefficient (Wildman–Crippen LogP) is 3.32. The number of piperidine rings is 1. The van der Waals surface area contributed by atoms with Gasteiger partial charge in [-0.05, 0) is 37.3 Å². The maximum atomic E-state index is 6.14. The average molecular weight is 380 g/mol. The lowest BCUT2D eigenvalue weighted by Crippen LogP contribution is -2.38. The summed E-state index contributed by atoms with van der Waals surface area (Å²) in [6, 6.07) is 4.04. The lowest BCUT2D eigenvalue weighted by atomic mass is 10.1. The van der Waals surface area contributed by atoms with E-state index in [4.69, 9.17) is 14.7 Å². The van der Waals surface area contributed by atoms with Gasteiger partial charge in [-0.25, -0.2) is 9.97 Å². The summed E-state index contributed by atoms with van der Waals surface area (Å²) in [5, 5.41) is 3.47. The van der Waals surface area contributed by atoms with Crippen LogP contribution >= 0.6 is 0 Å². The van der Waals surface area contributed by atoms with E-state index < -0.39 is 0 Å². The van der Waals surface area contributed by atoms with Crippen molar-refractivity contribution in [3.63, 3.8) is 0 Å². The van der Waals surface area contributed by atoms with Crippen LogP contribution in [-0.4, -0.2) is 34.1 Å². The second kappa shape index (κ2) is 8.13. The molecule has 0 spiro atoms. The van der Waals surface area contributed by atoms with Gasteiger partial charge in [0, 0.05) is 50.1 Å². The summed E-state index contributed by atoms with van der Waals surface area (Å²) in [6.07, 6.45) is 11.2. The third-order valence-electron chi connectivity index (χ3n) is 6.35. The first-order valence-electron chi connectivity index (χ1n) is 10.7. The largest absolute Gasteiger partial charge is 0.373 e. The Hall–Kier alpha value is -2.05. The van der Waals surface area contributed by atoms with Gasteiger partial charge in [0.1, 0.15) is 11.6 Å². The van der Waals surface area contributed by atoms with Gasteiger partial charge in [-0.1, -0.05) is 18.9 Å². The Labute approximate surface area is 166 Å². The first-order valence-corrected chi connectivity index (χ1v) is 10.7. The van der Waals surface area contributed by atoms with Crippen molar-refractivity contribution in [3.05, 3.63) is 47.2 Å². The fourth-order valence-electron chi connectivity index (χ4n) is 4.73. The lowest BCUT2D eigenvalue weighted by Gasteiger charge is -2.34. The van der Waals surface area contributed by atoms with E-state index in [1.54, 1.807) is 6.20 Å². The second-order valence-corrected chi connectivity index (χ2v) is 8.27. The Bertz CT molecular complexity index is 798. The quantitative estimate of drug-likeness (QED) is 0.860. The first-order chi connectivity index (χ1) is 13.9. The van der Waals surface area contributed by atoms with Gasteiger partial charge in [0.25, 0.3) is 0 Å². The van der Waals surface area contributed by atoms with Crippen LogP contribution < -0.4 is 10.2 Å². The zero-order valence-corrected chi connectivity index (χ0v) is 16.4. The number of aromatic nitrogens is 3. The molecule has 6 nitrogen and oxygen atoms in total. The summed E-state index contributed by atoms with van der Waals surface area (Å²) in [5.74, 6) is 2.83. The molecule has 2 aromatic heterocycles. The van der Waals surface area contributed by atoms with E-state index in [1.165, 1.54) is 42.8 Å². The Kier molecular flexibility index (Phi) is 5.23. The minimum Gasteiger partial charge on any atom is -0.373 e. The van der Waals surface area contributed by atoms with E-state index in [1.807, 2.05) is 12.3 Å². The van der Waals surface area contributed by atoms with Crippen LogP contribution in [0.25, 0.3) is 0 Å². The summed E-state index contributed by atoms with van der Waals surface area (Å²) in [6.45, 7) is 4.44. The van der Waals surface area contributed by atoms with E-state index in [0.29, 0.717) is 18.6 Å². The second-order valence-electron chi connectivity index (χ2n) is 8.27. The molecule has 1 saturated heterocycles. The zero-order valence-electron chi connectivity index (χ0n) is 16.4. The molecule has 0 aromatic carbocycles. The molecule has 0 atom stereocenters. The number of fused-ring (bicyclic) bond motifs is 1. The van der Waals surface area contributed by atoms with Gasteiger partial charge in [-0.15, -0.1) is 0 Å². The number of anilines is 1. The Morgan fingerprint density at radius 2 is 1.93 bits per heavy atom. The van der Waals surface area contributed by atoms with Crippen molar-refractivity contribution < 1.29 is 4.74 Å². The van der Waals surface area contributed by atoms with Gasteiger partial charge in [0.2, 0.25) is 0 Å². The predicted molar refractivity (Wildman–Crippen MR) is 108 cm³/mol. The highest BCUT2D eigenvalue weighted by Crippen LogP contribution is 2.35. The van der Waals surface area contributed by atoms with Crippen molar-refractivity contribution >= 4 is 5.82 Å². The molecule has 28 heavy (non-hydrogen) atoms. The smallest absolute Gasteiger partial charge is 0.137 e. The summed E-state index contributed by atoms with van der Waals surface area (Å²) in [4.78, 5) is 16.7. The molecule has 2 aromatic rings. The molecule has 0 bridgehead atoms. The highest BCUT2D eigenvalue weighted by atomic mass is 16.5. The molecule has 2 fully saturated rings. The Morgan fingerprint density at radius 1 is 1.07 bits per heavy atom. The SMILES string of the molecule is c1cncc(COC2CCN(c3nc(C4CCCC4)nc4c3CNC4)CC2)c1. The van der Waals surface area contributed by atoms with Gasteiger partial charge >= 0.3 is 0 Å². The third-order valence-corrected chi connectivity index (χ3v) is 6.35. The fourth-order valence-corrected chi connectivity index (χ4v) is 4.73. The molecular weight excluding hydrogens is 350 g/mol. The molecule has 0 radical (unpaired) electrons. The van der Waals surface area contributed by atoms with Crippen molar-refractivity contribution in [1.82, 2.24) is 20.3 Å². The number of rotatable bonds is 5. The molecule has 0 unspecified atom stereocenters. The topological polar surface area (TPSA) is 63.2 Å². The molecule has 1 saturated carbocycles. The minimum absolute atomic E-state index is 0.318. The van der Waals surface area contributed by atoms with E-state index in [-0.39, 0.29) is 0 Å². The normalized spacial score (nSPS) is 20.6. The molecule has 5 rings (SSSR count). The van der Waals surface area contributed by atoms with E-state index in [0.717, 1.165) is 50.4 Å². The van der Waals surface area contributed by atoms with Crippen molar-refractivity contribution in [3.8, 4) is 0 Å². The molecule has 2 aliphatic heterocycles. The Balaban J connectivity index is 1.26. The Morgan fingerprint density at radius 3 is 2.71 bits per heavy atom. The van der Waals surface area contributed by atoms with E-state index >= 15 is 0 Å². The standard InChI is InChI=1S/C22H29N5O/c1-2-6-17(5-1)21-25-20-14-24-13-19(20)22(26-21)27-10-7-18(8-11-27)28-15-16-4-3-9-23-12-16/h3-4,9,12,17-18,24H,1-2,5-8,10-11,13-15H2. The summed E-state index contributed by atoms with van der Waals surface area (Å²) < 4.78 is 6.14. The minimum atomic E-state index is 0.318. The summed E-state index contributed by atoms with van der Waals surface area (Å²) in [5.41, 5.74) is 3.68. The number of pyridine rings is 1. The van der Waals surface area contributed by atoms with Crippen LogP contribution in [0.1, 0.15) is 67.1 Å². The van der Waals surface area contributed by atoms with Crippen molar-refractivity contribution in [2.75, 3.05) is 18.0 Å². The number of ether oxygens (including phenoxy) is 1. The highest BCUT2D eigenvalue weighted by molar-refractivity contribution is 5.51. The van der Waals surface area contributed by atoms with Crippen LogP contribution in [0.4, 0.5) is 5.82 Å². The van der Waals surface area contributed by atoms with E-state index in [2.05, 4.69) is 21.3 Å². The molecule has 1 N–H and O–H groups in total. The average Bonchev–Trinajstić information content (AvgIpc) is 3.44. The number of nitrogens with zero attached hydrogens (tertiary/aromatic N) is 4. The fraction of sp³-hybridized carbons (Fsp3) is 0.591. The van der Waals surface area contributed by atoms with Gasteiger partial charge in [-0.3, -0.25) is 4.98 Å². The molecule has 1 aliphatic carbocycles. The number of hydrogen-bond acceptors (Lipinski definition) is 6. The van der Waals surface area contributed by atoms with Gasteiger partial charge in [0.05, 0.1) is 18.4 Å². The monoisotopic (exact) mass is 379 g/mol. The molecular formula is C22H29N5O. The first kappa shape index (κ1) is 18.0. The maximum absolute atomic E-state index is 6.14. The maximum Gasteiger partial charge on any atom is 0.137 e. The molecule has 6 heteroatoms. The van der Waals surface area contributed by atoms with Crippen LogP contribution in [0.5, 0.6) is 0 Å². The van der Waals surface area contributed by atoms with Crippen molar-refractivity contribution in [2.24, 2.45) is 0 Å². The highest BCUT2D eigenvalue weighted by Gasteiger charge is 2.29. The van der Waals surface area contributed by atoms with Crippen LogP contribution in [0, 0.1) is 0 Å². The molecule has 3 aliphatic rings. The van der Waals surface area contributed by atoms with Crippen LogP contribution in [0.15, 0.2) is 24.5 Å². The van der Waals surface area contributed by atoms with Gasteiger partial charge < -0.3 is 15.0 Å². The number of hydrogen-bond donors (Lipinski definition) is 1. The summed E-state index contributed by atoms with van der Waals surface area (Å²) >= 11 is 0. The van der Waals surface area contributed by atoms with Crippen LogP contribution in [0.2, 0.25) is 0 Å². The number of nitrogens with one attached hydrogen (secondary N) is 1. The lowest BCUT2D eigenvalue weighted by molar-refractivity contribution is 0.0249. The van der Waals surface area contributed by atoms with Gasteiger partial charge in [0.15, 0.2) is 0 Å². The molecule has 0 amide bonds. The third kappa shape index (κ3) is 3.76. The summed E-state index contributed by atoms with van der Waals surface area (Å²) in [7, 11) is 0. The van der Waals surface area contributed by atoms with Crippen LogP contribution in [-0.2, 0) is 24.4 Å².